The van der Waals surface area contributed by atoms with Gasteiger partial charge in [-0.05, 0) is 68.2 Å². The van der Waals surface area contributed by atoms with Crippen molar-refractivity contribution in [2.75, 3.05) is 19.6 Å². The van der Waals surface area contributed by atoms with Crippen molar-refractivity contribution >= 4 is 58.9 Å². The van der Waals surface area contributed by atoms with Gasteiger partial charge in [-0.2, -0.15) is 4.73 Å². The van der Waals surface area contributed by atoms with Gasteiger partial charge in [0.2, 0.25) is 48.5 Å². The number of aromatic nitrogens is 1. The van der Waals surface area contributed by atoms with E-state index in [1.807, 2.05) is 0 Å². The van der Waals surface area contributed by atoms with Crippen LogP contribution in [0.3, 0.4) is 0 Å². The molecule has 2 aliphatic heterocycles. The van der Waals surface area contributed by atoms with Crippen LogP contribution in [0.25, 0.3) is 0 Å². The van der Waals surface area contributed by atoms with E-state index in [1.165, 1.54) is 17.9 Å². The molecule has 78 heavy (non-hydrogen) atoms. The first kappa shape index (κ1) is 61.0. The van der Waals surface area contributed by atoms with Gasteiger partial charge in [-0.3, -0.25) is 53.8 Å². The van der Waals surface area contributed by atoms with E-state index in [-0.39, 0.29) is 43.8 Å². The summed E-state index contributed by atoms with van der Waals surface area (Å²) in [7, 11) is 0. The number of amides is 7. The van der Waals surface area contributed by atoms with Gasteiger partial charge in [-0.25, -0.2) is 4.79 Å². The second kappa shape index (κ2) is 28.5. The van der Waals surface area contributed by atoms with E-state index in [0.29, 0.717) is 22.3 Å². The van der Waals surface area contributed by atoms with E-state index in [4.69, 9.17) is 16.3 Å². The lowest BCUT2D eigenvalue weighted by Crippen LogP contribution is -2.62. The Kier molecular flexibility index (Phi) is 22.3. The largest absolute Gasteiger partial charge is 0.458 e. The lowest BCUT2D eigenvalue weighted by Gasteiger charge is -2.34. The van der Waals surface area contributed by atoms with E-state index in [1.54, 1.807) is 107 Å². The summed E-state index contributed by atoms with van der Waals surface area (Å²) in [5.74, 6) is -10.3. The molecule has 1 aromatic heterocycles. The molecular formula is C53H69ClN10O14. The number of cyclic esters (lactones) is 1. The highest BCUT2D eigenvalue weighted by atomic mass is 35.5. The van der Waals surface area contributed by atoms with Gasteiger partial charge in [0.15, 0.2) is 0 Å². The van der Waals surface area contributed by atoms with Crippen LogP contribution in [0.4, 0.5) is 0 Å². The fraction of sp³-hybridized carbons (Fsp3) is 0.509. The Balaban J connectivity index is 1.68. The number of nitrogens with zero attached hydrogens (tertiary/aromatic N) is 4. The number of fused-ring (bicyclic) bond motifs is 1. The Labute approximate surface area is 456 Å². The Morgan fingerprint density at radius 1 is 0.808 bits per heavy atom. The number of carbonyl (C=O) groups is 8. The van der Waals surface area contributed by atoms with E-state index in [9.17, 15) is 54.2 Å². The summed E-state index contributed by atoms with van der Waals surface area (Å²) in [6.07, 6.45) is 1.07. The number of hydrogen-bond donors (Lipinski definition) is 7. The first-order chi connectivity index (χ1) is 37.1. The van der Waals surface area contributed by atoms with E-state index >= 15 is 9.59 Å². The minimum Gasteiger partial charge on any atom is -0.458 e. The summed E-state index contributed by atoms with van der Waals surface area (Å²) in [5.41, 5.74) is 0.689. The van der Waals surface area contributed by atoms with Crippen LogP contribution in [0.15, 0.2) is 84.9 Å². The van der Waals surface area contributed by atoms with Gasteiger partial charge in [0, 0.05) is 41.1 Å². The minimum atomic E-state index is -1.93. The molecule has 0 radical (unpaired) electrons. The number of nitro groups is 2. The molecule has 2 aliphatic rings. The van der Waals surface area contributed by atoms with Crippen LogP contribution in [0.1, 0.15) is 114 Å². The van der Waals surface area contributed by atoms with Crippen molar-refractivity contribution in [1.29, 1.82) is 0 Å². The number of carbonyl (C=O) groups excluding carboxylic acids is 8. The van der Waals surface area contributed by atoms with Crippen molar-refractivity contribution in [2.24, 2.45) is 11.8 Å². The van der Waals surface area contributed by atoms with E-state index < -0.39 is 148 Å². The highest BCUT2D eigenvalue weighted by Crippen LogP contribution is 2.30. The van der Waals surface area contributed by atoms with E-state index in [2.05, 4.69) is 31.9 Å². The predicted octanol–water partition coefficient (Wildman–Crippen LogP) is 3.41. The fourth-order valence-corrected chi connectivity index (χ4v) is 9.67. The monoisotopic (exact) mass is 1100 g/mol. The Hall–Kier alpha value is -7.89. The average Bonchev–Trinajstić information content (AvgIpc) is 4.02. The molecule has 2 fully saturated rings. The van der Waals surface area contributed by atoms with Crippen LogP contribution < -0.4 is 31.9 Å². The molecule has 12 atom stereocenters. The highest BCUT2D eigenvalue weighted by molar-refractivity contribution is 6.30. The third kappa shape index (κ3) is 16.1. The summed E-state index contributed by atoms with van der Waals surface area (Å²) >= 11 is 5.95. The molecule has 0 saturated carbocycles. The molecule has 3 heterocycles. The molecule has 7 N–H and O–H groups in total. The molecule has 0 bridgehead atoms. The van der Waals surface area contributed by atoms with Gasteiger partial charge in [0.1, 0.15) is 59.2 Å². The number of allylic oxidation sites excluding steroid dienone is 1. The predicted molar refractivity (Wildman–Crippen MR) is 283 cm³/mol. The van der Waals surface area contributed by atoms with Gasteiger partial charge >= 0.3 is 5.97 Å². The summed E-state index contributed by atoms with van der Waals surface area (Å²) in [5, 5.41) is 49.0. The number of hydrogen-bond acceptors (Lipinski definition) is 14. The summed E-state index contributed by atoms with van der Waals surface area (Å²) in [6, 6.07) is 8.59. The number of ether oxygens (including phenoxy) is 1. The van der Waals surface area contributed by atoms with Gasteiger partial charge in [-0.15, -0.1) is 0 Å². The number of halogens is 1. The lowest BCUT2D eigenvalue weighted by atomic mass is 9.90. The van der Waals surface area contributed by atoms with E-state index in [0.717, 1.165) is 6.07 Å². The third-order valence-corrected chi connectivity index (χ3v) is 14.5. The maximum atomic E-state index is 15.1. The van der Waals surface area contributed by atoms with Crippen LogP contribution in [0, 0.1) is 32.1 Å². The zero-order chi connectivity index (χ0) is 57.4. The molecule has 2 saturated heterocycles. The topological polar surface area (TPSA) is 333 Å². The number of rotatable bonds is 19. The number of benzene rings is 2. The van der Waals surface area contributed by atoms with Gasteiger partial charge in [0.25, 0.3) is 5.91 Å². The van der Waals surface area contributed by atoms with Gasteiger partial charge < -0.3 is 46.7 Å². The van der Waals surface area contributed by atoms with Gasteiger partial charge in [0.05, 0.1) is 0 Å². The lowest BCUT2D eigenvalue weighted by molar-refractivity contribution is -0.480. The maximum Gasteiger partial charge on any atom is 0.329 e. The summed E-state index contributed by atoms with van der Waals surface area (Å²) in [6.45, 7) is 8.55. The zero-order valence-corrected chi connectivity index (χ0v) is 45.1. The second-order valence-electron chi connectivity index (χ2n) is 19.7. The van der Waals surface area contributed by atoms with Crippen LogP contribution in [-0.4, -0.2) is 140 Å². The van der Waals surface area contributed by atoms with Crippen molar-refractivity contribution in [3.8, 4) is 0 Å². The number of esters is 1. The highest BCUT2D eigenvalue weighted by Gasteiger charge is 2.46. The third-order valence-electron chi connectivity index (χ3n) is 14.3. The summed E-state index contributed by atoms with van der Waals surface area (Å²) < 4.78 is 6.37. The summed E-state index contributed by atoms with van der Waals surface area (Å²) in [4.78, 5) is 140. The smallest absolute Gasteiger partial charge is 0.329 e. The van der Waals surface area contributed by atoms with Crippen molar-refractivity contribution in [3.63, 3.8) is 0 Å². The Morgan fingerprint density at radius 3 is 1.90 bits per heavy atom. The molecule has 25 heteroatoms. The van der Waals surface area contributed by atoms with Crippen molar-refractivity contribution in [2.45, 2.75) is 140 Å². The first-order valence-electron chi connectivity index (χ1n) is 25.9. The molecule has 7 amide bonds. The Bertz CT molecular complexity index is 2670. The van der Waals surface area contributed by atoms with Crippen LogP contribution in [0.5, 0.6) is 0 Å². The van der Waals surface area contributed by atoms with Crippen molar-refractivity contribution < 1.29 is 58.1 Å². The normalized spacial score (nSPS) is 24.3. The molecular weight excluding hydrogens is 1040 g/mol. The van der Waals surface area contributed by atoms with Gasteiger partial charge in [-0.1, -0.05) is 119 Å². The molecule has 24 nitrogen and oxygen atoms in total. The maximum absolute atomic E-state index is 15.1. The van der Waals surface area contributed by atoms with Crippen molar-refractivity contribution in [1.82, 2.24) is 41.5 Å². The zero-order valence-electron chi connectivity index (χ0n) is 44.3. The average molecular weight is 1110 g/mol. The second-order valence-corrected chi connectivity index (χ2v) is 20.1. The fourth-order valence-electron chi connectivity index (χ4n) is 9.52. The van der Waals surface area contributed by atoms with Crippen LogP contribution in [-0.2, 0) is 38.3 Å². The molecule has 2 aromatic carbocycles. The van der Waals surface area contributed by atoms with Crippen LogP contribution >= 0.6 is 11.6 Å². The standard InChI is InChI=1S/C53H69ClN10O14/c1-7-17-34-28-40-53(72)78-33(6)45(60-47(66)37(22-15-26-62(73)74)55-48(67)39-24-25-41(54)64(39)77)51(70)59-43(31(4)35-18-11-9-12-19-35)49(68)56-38(23-16-27-63(75)76)46(65)58-44(32(5)36-20-13-10-14-21-36)50(69)57-42(30(3)8-2)52(71)61(40)29-34/h7,9-14,17-21,24-25,30-34,37-38,40,42-45,77H,8,15-16,22-23,26-29H2,1-6H3,(H,55,67)(H,56,68)(H,57,69)(H,58,65)(H,59,70)(H,60,66)/b17-7+/t30-,31+,32+,33+,34-,37-,38+,40-,42-,43?,44-,45+/m0/s1. The minimum absolute atomic E-state index is 0.00597. The molecule has 0 aliphatic carbocycles. The SMILES string of the molecule is C/C=C/[C@H]1C[C@H]2C(=O)O[C@H](C)[C@@H](NC(=O)[C@H](CCC[N+](=O)[O-])NC(=O)c3ccc(Cl)n3O)C(=O)NC([C@H](C)c3ccccc3)C(=O)N[C@H](CCC[N+](=O)[O-])C(=O)N[C@@H]([C@H](C)c3ccccc3)C(=O)N[C@@H]([C@@H](C)CC)C(=O)N2C1. The molecule has 1 unspecified atom stereocenters. The quantitative estimate of drug-likeness (QED) is 0.0298. The number of nitrogens with one attached hydrogen (secondary N) is 6. The molecule has 422 valence electrons. The molecule has 3 aromatic rings. The Morgan fingerprint density at radius 2 is 1.36 bits per heavy atom. The molecule has 0 spiro atoms. The first-order valence-corrected chi connectivity index (χ1v) is 26.3. The van der Waals surface area contributed by atoms with Crippen LogP contribution in [0.2, 0.25) is 5.15 Å². The molecule has 5 rings (SSSR count). The van der Waals surface area contributed by atoms with Crippen molar-refractivity contribution in [3.05, 3.63) is 127 Å².